The highest BCUT2D eigenvalue weighted by Gasteiger charge is 2.10. The van der Waals surface area contributed by atoms with E-state index in [1.165, 1.54) is 16.8 Å². The molecule has 106 valence electrons. The van der Waals surface area contributed by atoms with Crippen LogP contribution < -0.4 is 10.2 Å². The zero-order valence-corrected chi connectivity index (χ0v) is 12.7. The van der Waals surface area contributed by atoms with Crippen LogP contribution in [0, 0.1) is 6.92 Å². The molecule has 0 fully saturated rings. The molecule has 0 aliphatic heterocycles. The van der Waals surface area contributed by atoms with Gasteiger partial charge in [0.2, 0.25) is 0 Å². The second-order valence-corrected chi connectivity index (χ2v) is 5.36. The molecular weight excluding hydrogens is 246 g/mol. The van der Waals surface area contributed by atoms with Crippen molar-refractivity contribution < 1.29 is 0 Å². The van der Waals surface area contributed by atoms with Gasteiger partial charge in [0.25, 0.3) is 0 Å². The Labute approximate surface area is 121 Å². The SMILES string of the molecule is Cc1ccc(CNC(C)c2ccccc2N(C)C)cn1. The Bertz CT molecular complexity index is 546. The van der Waals surface area contributed by atoms with E-state index in [1.807, 2.05) is 13.1 Å². The van der Waals surface area contributed by atoms with Crippen molar-refractivity contribution in [3.63, 3.8) is 0 Å². The van der Waals surface area contributed by atoms with Crippen molar-refractivity contribution in [2.75, 3.05) is 19.0 Å². The molecule has 2 rings (SSSR count). The number of pyridine rings is 1. The first-order valence-corrected chi connectivity index (χ1v) is 6.99. The molecule has 0 aliphatic carbocycles. The van der Waals surface area contributed by atoms with Crippen LogP contribution in [0.5, 0.6) is 0 Å². The van der Waals surface area contributed by atoms with Crippen LogP contribution in [-0.2, 0) is 6.54 Å². The summed E-state index contributed by atoms with van der Waals surface area (Å²) in [6, 6.07) is 13.0. The molecule has 0 spiro atoms. The molecule has 1 atom stereocenters. The first-order valence-electron chi connectivity index (χ1n) is 6.99. The topological polar surface area (TPSA) is 28.2 Å². The number of hydrogen-bond donors (Lipinski definition) is 1. The van der Waals surface area contributed by atoms with E-state index in [9.17, 15) is 0 Å². The molecule has 3 heteroatoms. The van der Waals surface area contributed by atoms with Gasteiger partial charge < -0.3 is 10.2 Å². The molecule has 1 unspecified atom stereocenters. The van der Waals surface area contributed by atoms with Crippen LogP contribution in [0.2, 0.25) is 0 Å². The summed E-state index contributed by atoms with van der Waals surface area (Å²) in [6.45, 7) is 5.04. The normalized spacial score (nSPS) is 12.2. The van der Waals surface area contributed by atoms with Crippen LogP contribution in [0.1, 0.15) is 29.8 Å². The fourth-order valence-corrected chi connectivity index (χ4v) is 2.24. The van der Waals surface area contributed by atoms with E-state index >= 15 is 0 Å². The fraction of sp³-hybridized carbons (Fsp3) is 0.353. The molecule has 1 heterocycles. The Morgan fingerprint density at radius 1 is 1.15 bits per heavy atom. The second-order valence-electron chi connectivity index (χ2n) is 5.36. The highest BCUT2D eigenvalue weighted by atomic mass is 15.1. The lowest BCUT2D eigenvalue weighted by Gasteiger charge is -2.22. The average Bonchev–Trinajstić information content (AvgIpc) is 2.46. The number of aryl methyl sites for hydroxylation is 1. The monoisotopic (exact) mass is 269 g/mol. The zero-order chi connectivity index (χ0) is 14.5. The van der Waals surface area contributed by atoms with Crippen LogP contribution in [0.4, 0.5) is 5.69 Å². The summed E-state index contributed by atoms with van der Waals surface area (Å²) in [5, 5.41) is 3.56. The van der Waals surface area contributed by atoms with Crippen LogP contribution in [0.3, 0.4) is 0 Å². The Morgan fingerprint density at radius 3 is 2.55 bits per heavy atom. The molecule has 20 heavy (non-hydrogen) atoms. The molecule has 0 aliphatic rings. The smallest absolute Gasteiger partial charge is 0.0409 e. The summed E-state index contributed by atoms with van der Waals surface area (Å²) in [4.78, 5) is 6.48. The van der Waals surface area contributed by atoms with E-state index in [4.69, 9.17) is 0 Å². The first kappa shape index (κ1) is 14.5. The van der Waals surface area contributed by atoms with Crippen molar-refractivity contribution in [3.8, 4) is 0 Å². The van der Waals surface area contributed by atoms with Gasteiger partial charge >= 0.3 is 0 Å². The Balaban J connectivity index is 2.05. The van der Waals surface area contributed by atoms with E-state index in [-0.39, 0.29) is 0 Å². The van der Waals surface area contributed by atoms with Crippen LogP contribution in [0.25, 0.3) is 0 Å². The number of hydrogen-bond acceptors (Lipinski definition) is 3. The van der Waals surface area contributed by atoms with Crippen molar-refractivity contribution in [3.05, 3.63) is 59.4 Å². The number of nitrogens with zero attached hydrogens (tertiary/aromatic N) is 2. The van der Waals surface area contributed by atoms with Gasteiger partial charge in [-0.1, -0.05) is 24.3 Å². The predicted molar refractivity (Wildman–Crippen MR) is 85.0 cm³/mol. The molecule has 2 aromatic rings. The predicted octanol–water partition coefficient (Wildman–Crippen LogP) is 3.31. The minimum Gasteiger partial charge on any atom is -0.377 e. The molecular formula is C17H23N3. The number of aromatic nitrogens is 1. The van der Waals surface area contributed by atoms with E-state index in [1.54, 1.807) is 0 Å². The van der Waals surface area contributed by atoms with Crippen LogP contribution >= 0.6 is 0 Å². The van der Waals surface area contributed by atoms with Crippen molar-refractivity contribution >= 4 is 5.69 Å². The van der Waals surface area contributed by atoms with E-state index in [0.717, 1.165) is 12.2 Å². The molecule has 0 radical (unpaired) electrons. The third kappa shape index (κ3) is 3.58. The Morgan fingerprint density at radius 2 is 1.90 bits per heavy atom. The highest BCUT2D eigenvalue weighted by molar-refractivity contribution is 5.53. The molecule has 0 bridgehead atoms. The van der Waals surface area contributed by atoms with Crippen molar-refractivity contribution in [2.45, 2.75) is 26.4 Å². The van der Waals surface area contributed by atoms with Gasteiger partial charge in [-0.25, -0.2) is 0 Å². The van der Waals surface area contributed by atoms with Gasteiger partial charge in [0.15, 0.2) is 0 Å². The summed E-state index contributed by atoms with van der Waals surface area (Å²) < 4.78 is 0. The van der Waals surface area contributed by atoms with Gasteiger partial charge in [-0.05, 0) is 37.1 Å². The molecule has 1 aromatic carbocycles. The van der Waals surface area contributed by atoms with E-state index in [0.29, 0.717) is 6.04 Å². The molecule has 1 aromatic heterocycles. The largest absolute Gasteiger partial charge is 0.377 e. The molecule has 1 N–H and O–H groups in total. The summed E-state index contributed by atoms with van der Waals surface area (Å²) in [6.07, 6.45) is 1.94. The lowest BCUT2D eigenvalue weighted by Crippen LogP contribution is -2.21. The van der Waals surface area contributed by atoms with Gasteiger partial charge in [-0.2, -0.15) is 0 Å². The third-order valence-corrected chi connectivity index (χ3v) is 3.47. The molecule has 0 saturated heterocycles. The van der Waals surface area contributed by atoms with Gasteiger partial charge in [-0.3, -0.25) is 4.98 Å². The van der Waals surface area contributed by atoms with Crippen LogP contribution in [-0.4, -0.2) is 19.1 Å². The number of para-hydroxylation sites is 1. The number of nitrogens with one attached hydrogen (secondary N) is 1. The van der Waals surface area contributed by atoms with Gasteiger partial charge in [0.05, 0.1) is 0 Å². The number of benzene rings is 1. The summed E-state index contributed by atoms with van der Waals surface area (Å²) in [7, 11) is 4.16. The summed E-state index contributed by atoms with van der Waals surface area (Å²) >= 11 is 0. The average molecular weight is 269 g/mol. The number of anilines is 1. The second kappa shape index (κ2) is 6.53. The quantitative estimate of drug-likeness (QED) is 0.902. The summed E-state index contributed by atoms with van der Waals surface area (Å²) in [5.41, 5.74) is 4.84. The van der Waals surface area contributed by atoms with Gasteiger partial charge in [0.1, 0.15) is 0 Å². The zero-order valence-electron chi connectivity index (χ0n) is 12.7. The Hall–Kier alpha value is -1.87. The van der Waals surface area contributed by atoms with Crippen LogP contribution in [0.15, 0.2) is 42.6 Å². The lowest BCUT2D eigenvalue weighted by atomic mass is 10.1. The maximum atomic E-state index is 4.33. The van der Waals surface area contributed by atoms with Gasteiger partial charge in [0, 0.05) is 44.3 Å². The lowest BCUT2D eigenvalue weighted by molar-refractivity contribution is 0.573. The van der Waals surface area contributed by atoms with Crippen molar-refractivity contribution in [1.29, 1.82) is 0 Å². The third-order valence-electron chi connectivity index (χ3n) is 3.47. The van der Waals surface area contributed by atoms with E-state index in [2.05, 4.69) is 72.6 Å². The number of rotatable bonds is 5. The summed E-state index contributed by atoms with van der Waals surface area (Å²) in [5.74, 6) is 0. The van der Waals surface area contributed by atoms with Crippen molar-refractivity contribution in [2.24, 2.45) is 0 Å². The van der Waals surface area contributed by atoms with Crippen molar-refractivity contribution in [1.82, 2.24) is 10.3 Å². The minimum atomic E-state index is 0.301. The first-order chi connectivity index (χ1) is 9.58. The highest BCUT2D eigenvalue weighted by Crippen LogP contribution is 2.24. The molecule has 0 amide bonds. The van der Waals surface area contributed by atoms with E-state index < -0.39 is 0 Å². The fourth-order valence-electron chi connectivity index (χ4n) is 2.24. The van der Waals surface area contributed by atoms with Gasteiger partial charge in [-0.15, -0.1) is 0 Å². The molecule has 0 saturated carbocycles. The standard InChI is InChI=1S/C17H23N3/c1-13-9-10-15(11-18-13)12-19-14(2)16-7-5-6-8-17(16)20(3)4/h5-11,14,19H,12H2,1-4H3. The maximum Gasteiger partial charge on any atom is 0.0409 e. The Kier molecular flexibility index (Phi) is 4.74. The minimum absolute atomic E-state index is 0.301. The maximum absolute atomic E-state index is 4.33. The molecule has 3 nitrogen and oxygen atoms in total.